The van der Waals surface area contributed by atoms with E-state index >= 15 is 0 Å². The topological polar surface area (TPSA) is 50.3 Å². The SMILES string of the molecule is c1cc(CN2CCCCC2)cc(OCCCNc2ncnc3ccccc23)c1. The number of nitrogens with one attached hydrogen (secondary N) is 1. The number of benzene rings is 2. The first-order chi connectivity index (χ1) is 13.9. The highest BCUT2D eigenvalue weighted by Gasteiger charge is 2.10. The molecule has 146 valence electrons. The Morgan fingerprint density at radius 2 is 1.86 bits per heavy atom. The predicted octanol–water partition coefficient (Wildman–Crippen LogP) is 4.50. The molecule has 28 heavy (non-hydrogen) atoms. The van der Waals surface area contributed by atoms with Gasteiger partial charge in [-0.2, -0.15) is 0 Å². The monoisotopic (exact) mass is 376 g/mol. The molecular formula is C23H28N4O. The fourth-order valence-electron chi connectivity index (χ4n) is 3.72. The van der Waals surface area contributed by atoms with Crippen LogP contribution in [0.1, 0.15) is 31.2 Å². The molecule has 2 heterocycles. The molecule has 0 spiro atoms. The maximum Gasteiger partial charge on any atom is 0.137 e. The second-order valence-electron chi connectivity index (χ2n) is 7.35. The molecular weight excluding hydrogens is 348 g/mol. The van der Waals surface area contributed by atoms with Crippen LogP contribution in [0.4, 0.5) is 5.82 Å². The molecule has 0 bridgehead atoms. The van der Waals surface area contributed by atoms with Crippen LogP contribution in [0.15, 0.2) is 54.9 Å². The number of fused-ring (bicyclic) bond motifs is 1. The molecule has 5 heteroatoms. The molecule has 0 unspecified atom stereocenters. The zero-order valence-electron chi connectivity index (χ0n) is 16.3. The van der Waals surface area contributed by atoms with Crippen molar-refractivity contribution < 1.29 is 4.74 Å². The average Bonchev–Trinajstić information content (AvgIpc) is 2.75. The molecule has 4 rings (SSSR count). The largest absolute Gasteiger partial charge is 0.494 e. The highest BCUT2D eigenvalue weighted by atomic mass is 16.5. The molecule has 0 atom stereocenters. The highest BCUT2D eigenvalue weighted by molar-refractivity contribution is 5.88. The van der Waals surface area contributed by atoms with E-state index in [1.165, 1.54) is 37.9 Å². The first-order valence-corrected chi connectivity index (χ1v) is 10.3. The van der Waals surface area contributed by atoms with Gasteiger partial charge in [-0.1, -0.05) is 30.7 Å². The molecule has 0 radical (unpaired) electrons. The van der Waals surface area contributed by atoms with Crippen LogP contribution in [0.5, 0.6) is 5.75 Å². The molecule has 0 aliphatic carbocycles. The minimum Gasteiger partial charge on any atom is -0.494 e. The van der Waals surface area contributed by atoms with Crippen molar-refractivity contribution in [3.8, 4) is 5.75 Å². The molecule has 1 aromatic heterocycles. The van der Waals surface area contributed by atoms with Crippen molar-refractivity contribution >= 4 is 16.7 Å². The minimum atomic E-state index is 0.684. The number of piperidine rings is 1. The lowest BCUT2D eigenvalue weighted by molar-refractivity contribution is 0.220. The zero-order chi connectivity index (χ0) is 19.0. The number of para-hydroxylation sites is 1. The third kappa shape index (κ3) is 4.98. The third-order valence-corrected chi connectivity index (χ3v) is 5.18. The summed E-state index contributed by atoms with van der Waals surface area (Å²) in [5.41, 5.74) is 2.30. The van der Waals surface area contributed by atoms with Crippen LogP contribution >= 0.6 is 0 Å². The number of hydrogen-bond donors (Lipinski definition) is 1. The fourth-order valence-corrected chi connectivity index (χ4v) is 3.72. The number of likely N-dealkylation sites (tertiary alicyclic amines) is 1. The van der Waals surface area contributed by atoms with Gasteiger partial charge in [-0.05, 0) is 62.2 Å². The third-order valence-electron chi connectivity index (χ3n) is 5.18. The maximum absolute atomic E-state index is 5.97. The summed E-state index contributed by atoms with van der Waals surface area (Å²) in [5, 5.41) is 4.45. The second-order valence-corrected chi connectivity index (χ2v) is 7.35. The Labute approximate surface area is 166 Å². The molecule has 1 N–H and O–H groups in total. The predicted molar refractivity (Wildman–Crippen MR) is 114 cm³/mol. The Morgan fingerprint density at radius 3 is 2.79 bits per heavy atom. The molecule has 0 amide bonds. The van der Waals surface area contributed by atoms with E-state index in [0.29, 0.717) is 6.61 Å². The average molecular weight is 377 g/mol. The Bertz CT molecular complexity index is 887. The van der Waals surface area contributed by atoms with Crippen LogP contribution in [-0.2, 0) is 6.54 Å². The number of anilines is 1. The Hall–Kier alpha value is -2.66. The van der Waals surface area contributed by atoms with Gasteiger partial charge in [0.05, 0.1) is 12.1 Å². The van der Waals surface area contributed by atoms with Gasteiger partial charge in [0.2, 0.25) is 0 Å². The first-order valence-electron chi connectivity index (χ1n) is 10.3. The van der Waals surface area contributed by atoms with Crippen LogP contribution in [0.25, 0.3) is 10.9 Å². The Morgan fingerprint density at radius 1 is 0.964 bits per heavy atom. The summed E-state index contributed by atoms with van der Waals surface area (Å²) in [6.07, 6.45) is 6.54. The van der Waals surface area contributed by atoms with E-state index in [1.54, 1.807) is 6.33 Å². The van der Waals surface area contributed by atoms with Gasteiger partial charge in [-0.15, -0.1) is 0 Å². The van der Waals surface area contributed by atoms with E-state index in [1.807, 2.05) is 30.3 Å². The lowest BCUT2D eigenvalue weighted by atomic mass is 10.1. The number of ether oxygens (including phenoxy) is 1. The standard InChI is InChI=1S/C23H28N4O/c1-4-13-27(14-5-1)17-19-8-6-9-20(16-19)28-15-7-12-24-23-21-10-2-3-11-22(21)25-18-26-23/h2-3,6,8-11,16,18H,1,4-5,7,12-15,17H2,(H,24,25,26). The molecule has 5 nitrogen and oxygen atoms in total. The smallest absolute Gasteiger partial charge is 0.137 e. The van der Waals surface area contributed by atoms with Gasteiger partial charge in [0, 0.05) is 18.5 Å². The number of rotatable bonds is 8. The fraction of sp³-hybridized carbons (Fsp3) is 0.391. The van der Waals surface area contributed by atoms with Gasteiger partial charge < -0.3 is 10.1 Å². The normalized spacial score (nSPS) is 14.9. The summed E-state index contributed by atoms with van der Waals surface area (Å²) in [6, 6.07) is 16.6. The quantitative estimate of drug-likeness (QED) is 0.587. The van der Waals surface area contributed by atoms with Gasteiger partial charge in [-0.25, -0.2) is 9.97 Å². The van der Waals surface area contributed by atoms with Gasteiger partial charge >= 0.3 is 0 Å². The molecule has 1 saturated heterocycles. The minimum absolute atomic E-state index is 0.684. The molecule has 3 aromatic rings. The highest BCUT2D eigenvalue weighted by Crippen LogP contribution is 2.19. The van der Waals surface area contributed by atoms with Crippen LogP contribution in [0, 0.1) is 0 Å². The van der Waals surface area contributed by atoms with Crippen molar-refractivity contribution in [1.82, 2.24) is 14.9 Å². The van der Waals surface area contributed by atoms with E-state index in [9.17, 15) is 0 Å². The first kappa shape index (κ1) is 18.7. The summed E-state index contributed by atoms with van der Waals surface area (Å²) < 4.78 is 5.97. The van der Waals surface area contributed by atoms with Gasteiger partial charge in [0.25, 0.3) is 0 Å². The van der Waals surface area contributed by atoms with Crippen molar-refractivity contribution in [3.05, 3.63) is 60.4 Å². The molecule has 1 aliphatic rings. The lowest BCUT2D eigenvalue weighted by Gasteiger charge is -2.26. The van der Waals surface area contributed by atoms with E-state index in [0.717, 1.165) is 42.0 Å². The van der Waals surface area contributed by atoms with Crippen LogP contribution in [0.2, 0.25) is 0 Å². The summed E-state index contributed by atoms with van der Waals surface area (Å²) in [5.74, 6) is 1.84. The van der Waals surface area contributed by atoms with Crippen LogP contribution in [0.3, 0.4) is 0 Å². The molecule has 1 fully saturated rings. The van der Waals surface area contributed by atoms with Crippen LogP contribution < -0.4 is 10.1 Å². The van der Waals surface area contributed by atoms with Crippen molar-refractivity contribution in [1.29, 1.82) is 0 Å². The van der Waals surface area contributed by atoms with Crippen molar-refractivity contribution in [2.75, 3.05) is 31.6 Å². The van der Waals surface area contributed by atoms with E-state index < -0.39 is 0 Å². The molecule has 1 aliphatic heterocycles. The Kier molecular flexibility index (Phi) is 6.35. The van der Waals surface area contributed by atoms with Crippen molar-refractivity contribution in [2.45, 2.75) is 32.2 Å². The summed E-state index contributed by atoms with van der Waals surface area (Å²) in [7, 11) is 0. The second kappa shape index (κ2) is 9.51. The van der Waals surface area contributed by atoms with E-state index in [4.69, 9.17) is 4.74 Å². The zero-order valence-corrected chi connectivity index (χ0v) is 16.3. The van der Waals surface area contributed by atoms with Crippen LogP contribution in [-0.4, -0.2) is 41.1 Å². The molecule has 0 saturated carbocycles. The lowest BCUT2D eigenvalue weighted by Crippen LogP contribution is -2.29. The van der Waals surface area contributed by atoms with Gasteiger partial charge in [0.1, 0.15) is 17.9 Å². The summed E-state index contributed by atoms with van der Waals surface area (Å²) in [4.78, 5) is 11.2. The molecule has 2 aromatic carbocycles. The van der Waals surface area contributed by atoms with E-state index in [2.05, 4.69) is 38.4 Å². The summed E-state index contributed by atoms with van der Waals surface area (Å²) in [6.45, 7) is 4.96. The summed E-state index contributed by atoms with van der Waals surface area (Å²) >= 11 is 0. The number of nitrogens with zero attached hydrogens (tertiary/aromatic N) is 3. The number of aromatic nitrogens is 2. The number of hydrogen-bond acceptors (Lipinski definition) is 5. The van der Waals surface area contributed by atoms with Gasteiger partial charge in [0.15, 0.2) is 0 Å². The Balaban J connectivity index is 1.23. The maximum atomic E-state index is 5.97. The van der Waals surface area contributed by atoms with Gasteiger partial charge in [-0.3, -0.25) is 4.90 Å². The van der Waals surface area contributed by atoms with E-state index in [-0.39, 0.29) is 0 Å². The van der Waals surface area contributed by atoms with Crippen molar-refractivity contribution in [2.24, 2.45) is 0 Å². The van der Waals surface area contributed by atoms with Crippen molar-refractivity contribution in [3.63, 3.8) is 0 Å².